The molecule has 0 amide bonds. The van der Waals surface area contributed by atoms with Gasteiger partial charge in [0, 0.05) is 10.0 Å². The maximum atomic E-state index is 13.7. The fourth-order valence-corrected chi connectivity index (χ4v) is 2.16. The molecule has 3 N–H and O–H groups in total. The Balaban J connectivity index is 2.20. The number of nitrogens with one attached hydrogen (secondary N) is 1. The molecular weight excluding hydrogens is 299 g/mol. The third-order valence-electron chi connectivity index (χ3n) is 2.79. The topological polar surface area (TPSA) is 51.2 Å². The molecule has 18 heavy (non-hydrogen) atoms. The molecule has 1 aromatic carbocycles. The van der Waals surface area contributed by atoms with Gasteiger partial charge in [0.1, 0.15) is 11.6 Å². The minimum atomic E-state index is -0.246. The van der Waals surface area contributed by atoms with E-state index in [1.54, 1.807) is 12.3 Å². The van der Waals surface area contributed by atoms with Crippen molar-refractivity contribution in [1.29, 1.82) is 0 Å². The molecule has 1 aromatic heterocycles. The maximum absolute atomic E-state index is 13.7. The predicted molar refractivity (Wildman–Crippen MR) is 71.3 cm³/mol. The van der Waals surface area contributed by atoms with Crippen molar-refractivity contribution in [1.82, 2.24) is 5.43 Å². The molecule has 2 aromatic rings. The number of rotatable bonds is 4. The Bertz CT molecular complexity index is 542. The van der Waals surface area contributed by atoms with Crippen molar-refractivity contribution in [2.45, 2.75) is 19.4 Å². The minimum Gasteiger partial charge on any atom is -0.469 e. The zero-order valence-electron chi connectivity index (χ0n) is 9.91. The summed E-state index contributed by atoms with van der Waals surface area (Å²) in [6, 6.07) is 6.73. The molecule has 0 saturated carbocycles. The van der Waals surface area contributed by atoms with Crippen LogP contribution in [0.15, 0.2) is 39.4 Å². The summed E-state index contributed by atoms with van der Waals surface area (Å²) < 4.78 is 19.7. The summed E-state index contributed by atoms with van der Waals surface area (Å²) in [7, 11) is 0. The van der Waals surface area contributed by atoms with E-state index in [4.69, 9.17) is 10.3 Å². The van der Waals surface area contributed by atoms with Crippen LogP contribution in [0.2, 0.25) is 0 Å². The van der Waals surface area contributed by atoms with Crippen molar-refractivity contribution >= 4 is 15.9 Å². The van der Waals surface area contributed by atoms with Crippen LogP contribution in [0.5, 0.6) is 0 Å². The van der Waals surface area contributed by atoms with Crippen molar-refractivity contribution < 1.29 is 8.81 Å². The first-order chi connectivity index (χ1) is 8.60. The molecule has 1 atom stereocenters. The molecule has 0 spiro atoms. The molecule has 1 unspecified atom stereocenters. The lowest BCUT2D eigenvalue weighted by molar-refractivity contribution is 0.504. The highest BCUT2D eigenvalue weighted by atomic mass is 79.9. The number of hydrogen-bond donors (Lipinski definition) is 2. The fraction of sp³-hybridized carbons (Fsp3) is 0.231. The van der Waals surface area contributed by atoms with Crippen LogP contribution in [0.1, 0.15) is 22.9 Å². The van der Waals surface area contributed by atoms with Gasteiger partial charge in [-0.05, 0) is 37.1 Å². The van der Waals surface area contributed by atoms with Crippen LogP contribution in [-0.2, 0) is 6.42 Å². The Hall–Kier alpha value is -1.17. The van der Waals surface area contributed by atoms with Crippen molar-refractivity contribution in [3.8, 4) is 0 Å². The normalized spacial score (nSPS) is 12.7. The van der Waals surface area contributed by atoms with Gasteiger partial charge in [0.2, 0.25) is 0 Å². The Morgan fingerprint density at radius 3 is 2.78 bits per heavy atom. The zero-order valence-corrected chi connectivity index (χ0v) is 11.5. The third kappa shape index (κ3) is 2.98. The first-order valence-electron chi connectivity index (χ1n) is 5.55. The molecule has 0 bridgehead atoms. The molecule has 0 aliphatic heterocycles. The summed E-state index contributed by atoms with van der Waals surface area (Å²) >= 11 is 3.23. The van der Waals surface area contributed by atoms with Crippen molar-refractivity contribution in [3.05, 3.63) is 57.7 Å². The van der Waals surface area contributed by atoms with E-state index in [0.29, 0.717) is 12.0 Å². The number of nitrogens with two attached hydrogens (primary N) is 1. The monoisotopic (exact) mass is 312 g/mol. The van der Waals surface area contributed by atoms with E-state index in [9.17, 15) is 4.39 Å². The fourth-order valence-electron chi connectivity index (χ4n) is 1.83. The number of furan rings is 1. The van der Waals surface area contributed by atoms with Gasteiger partial charge in [0.25, 0.3) is 0 Å². The summed E-state index contributed by atoms with van der Waals surface area (Å²) in [6.07, 6.45) is 2.10. The summed E-state index contributed by atoms with van der Waals surface area (Å²) in [4.78, 5) is 0. The van der Waals surface area contributed by atoms with Gasteiger partial charge in [0.15, 0.2) is 0 Å². The summed E-state index contributed by atoms with van der Waals surface area (Å²) in [5, 5.41) is 0. The average molecular weight is 313 g/mol. The van der Waals surface area contributed by atoms with Crippen LogP contribution >= 0.6 is 15.9 Å². The lowest BCUT2D eigenvalue weighted by Gasteiger charge is -2.14. The second-order valence-corrected chi connectivity index (χ2v) is 5.07. The third-order valence-corrected chi connectivity index (χ3v) is 3.29. The van der Waals surface area contributed by atoms with Gasteiger partial charge < -0.3 is 4.42 Å². The quantitative estimate of drug-likeness (QED) is 0.673. The predicted octanol–water partition coefficient (Wildman–Crippen LogP) is 3.24. The summed E-state index contributed by atoms with van der Waals surface area (Å²) in [6.45, 7) is 1.86. The van der Waals surface area contributed by atoms with Crippen LogP contribution in [0.4, 0.5) is 4.39 Å². The maximum Gasteiger partial charge on any atom is 0.127 e. The van der Waals surface area contributed by atoms with Gasteiger partial charge in [0.05, 0.1) is 12.3 Å². The number of hydrazine groups is 1. The number of halogens is 2. The molecule has 0 saturated heterocycles. The Morgan fingerprint density at radius 2 is 2.22 bits per heavy atom. The van der Waals surface area contributed by atoms with Gasteiger partial charge in [-0.3, -0.25) is 11.3 Å². The number of hydrogen-bond acceptors (Lipinski definition) is 3. The molecule has 96 valence electrons. The lowest BCUT2D eigenvalue weighted by Crippen LogP contribution is -2.29. The van der Waals surface area contributed by atoms with Crippen LogP contribution in [0, 0.1) is 12.7 Å². The van der Waals surface area contributed by atoms with Crippen LogP contribution < -0.4 is 11.3 Å². The summed E-state index contributed by atoms with van der Waals surface area (Å²) in [5.74, 6) is 6.08. The smallest absolute Gasteiger partial charge is 0.127 e. The van der Waals surface area contributed by atoms with Gasteiger partial charge in [-0.15, -0.1) is 0 Å². The minimum absolute atomic E-state index is 0.168. The largest absolute Gasteiger partial charge is 0.469 e. The van der Waals surface area contributed by atoms with Crippen molar-refractivity contribution in [3.63, 3.8) is 0 Å². The highest BCUT2D eigenvalue weighted by Gasteiger charge is 2.15. The highest BCUT2D eigenvalue weighted by molar-refractivity contribution is 9.10. The van der Waals surface area contributed by atoms with E-state index in [2.05, 4.69) is 21.4 Å². The number of aryl methyl sites for hydroxylation is 1. The average Bonchev–Trinajstić information content (AvgIpc) is 2.75. The molecule has 1 heterocycles. The van der Waals surface area contributed by atoms with Crippen molar-refractivity contribution in [2.24, 2.45) is 5.84 Å². The molecular formula is C13H14BrFN2O. The Morgan fingerprint density at radius 1 is 1.44 bits per heavy atom. The molecule has 0 fully saturated rings. The van der Waals surface area contributed by atoms with Gasteiger partial charge in [-0.1, -0.05) is 22.0 Å². The Labute approximate surface area is 113 Å². The van der Waals surface area contributed by atoms with E-state index in [1.807, 2.05) is 19.1 Å². The van der Waals surface area contributed by atoms with Crippen LogP contribution in [0.3, 0.4) is 0 Å². The molecule has 0 aliphatic carbocycles. The highest BCUT2D eigenvalue weighted by Crippen LogP contribution is 2.23. The van der Waals surface area contributed by atoms with Gasteiger partial charge >= 0.3 is 0 Å². The van der Waals surface area contributed by atoms with E-state index in [-0.39, 0.29) is 11.9 Å². The molecule has 0 aliphatic rings. The second-order valence-electron chi connectivity index (χ2n) is 4.15. The van der Waals surface area contributed by atoms with E-state index >= 15 is 0 Å². The summed E-state index contributed by atoms with van der Waals surface area (Å²) in [5.41, 5.74) is 4.21. The second kappa shape index (κ2) is 5.65. The van der Waals surface area contributed by atoms with E-state index in [1.165, 1.54) is 6.07 Å². The van der Waals surface area contributed by atoms with E-state index in [0.717, 1.165) is 15.8 Å². The SMILES string of the molecule is Cc1cc(C(Cc2ccc(Br)cc2F)NN)co1. The zero-order chi connectivity index (χ0) is 13.1. The first-order valence-corrected chi connectivity index (χ1v) is 6.34. The number of benzene rings is 1. The molecule has 5 heteroatoms. The van der Waals surface area contributed by atoms with Gasteiger partial charge in [-0.2, -0.15) is 0 Å². The molecule has 2 rings (SSSR count). The van der Waals surface area contributed by atoms with Crippen LogP contribution in [-0.4, -0.2) is 0 Å². The molecule has 3 nitrogen and oxygen atoms in total. The lowest BCUT2D eigenvalue weighted by atomic mass is 10.0. The van der Waals surface area contributed by atoms with Crippen molar-refractivity contribution in [2.75, 3.05) is 0 Å². The van der Waals surface area contributed by atoms with Gasteiger partial charge in [-0.25, -0.2) is 4.39 Å². The van der Waals surface area contributed by atoms with E-state index < -0.39 is 0 Å². The Kier molecular flexibility index (Phi) is 4.16. The standard InChI is InChI=1S/C13H14BrFN2O/c1-8-4-10(7-18-8)13(17-16)5-9-2-3-11(14)6-12(9)15/h2-4,6-7,13,17H,5,16H2,1H3. The first kappa shape index (κ1) is 13.3. The molecule has 0 radical (unpaired) electrons. The van der Waals surface area contributed by atoms with Crippen LogP contribution in [0.25, 0.3) is 0 Å².